The molecule has 0 bridgehead atoms. The first kappa shape index (κ1) is 11.9. The number of carbonyl (C=O) groups is 1. The van der Waals surface area contributed by atoms with Crippen LogP contribution < -0.4 is 0 Å². The van der Waals surface area contributed by atoms with Crippen LogP contribution in [0.25, 0.3) is 0 Å². The van der Waals surface area contributed by atoms with Crippen LogP contribution in [0.2, 0.25) is 0 Å². The molecule has 0 aliphatic carbocycles. The fourth-order valence-corrected chi connectivity index (χ4v) is 2.72. The van der Waals surface area contributed by atoms with E-state index in [4.69, 9.17) is 0 Å². The number of benzene rings is 1. The Morgan fingerprint density at radius 1 is 1.41 bits per heavy atom. The molecule has 2 unspecified atom stereocenters. The van der Waals surface area contributed by atoms with E-state index in [1.165, 1.54) is 11.6 Å². The van der Waals surface area contributed by atoms with Crippen LogP contribution in [0.4, 0.5) is 0 Å². The van der Waals surface area contributed by atoms with E-state index in [9.17, 15) is 4.79 Å². The lowest BCUT2D eigenvalue weighted by molar-refractivity contribution is -0.129. The highest BCUT2D eigenvalue weighted by Crippen LogP contribution is 2.32. The summed E-state index contributed by atoms with van der Waals surface area (Å²) in [6, 6.07) is 10.7. The van der Waals surface area contributed by atoms with Crippen molar-refractivity contribution in [2.75, 3.05) is 6.54 Å². The van der Waals surface area contributed by atoms with Crippen LogP contribution in [0.3, 0.4) is 0 Å². The van der Waals surface area contributed by atoms with E-state index in [0.29, 0.717) is 5.92 Å². The van der Waals surface area contributed by atoms with Gasteiger partial charge < -0.3 is 4.90 Å². The van der Waals surface area contributed by atoms with Crippen LogP contribution in [0.1, 0.15) is 31.2 Å². The molecule has 1 heterocycles. The second-order valence-electron chi connectivity index (χ2n) is 4.64. The number of likely N-dealkylation sites (tertiary alicyclic amines) is 1. The van der Waals surface area contributed by atoms with Crippen LogP contribution in [-0.4, -0.2) is 23.4 Å². The predicted molar refractivity (Wildman–Crippen MR) is 69.8 cm³/mol. The maximum absolute atomic E-state index is 11.8. The summed E-state index contributed by atoms with van der Waals surface area (Å²) in [6.45, 7) is 6.57. The molecule has 17 heavy (non-hydrogen) atoms. The zero-order valence-electron chi connectivity index (χ0n) is 10.3. The first-order valence-corrected chi connectivity index (χ1v) is 6.22. The Morgan fingerprint density at radius 3 is 2.76 bits per heavy atom. The summed E-state index contributed by atoms with van der Waals surface area (Å²) in [5.74, 6) is 0.506. The van der Waals surface area contributed by atoms with E-state index in [0.717, 1.165) is 19.4 Å². The molecule has 1 aliphatic rings. The summed E-state index contributed by atoms with van der Waals surface area (Å²) in [5.41, 5.74) is 1.33. The molecule has 0 spiro atoms. The Bertz CT molecular complexity index is 399. The molecule has 0 N–H and O–H groups in total. The Hall–Kier alpha value is -1.57. The van der Waals surface area contributed by atoms with Gasteiger partial charge >= 0.3 is 0 Å². The summed E-state index contributed by atoms with van der Waals surface area (Å²) in [5, 5.41) is 0. The van der Waals surface area contributed by atoms with Crippen LogP contribution in [0.5, 0.6) is 0 Å². The number of carbonyl (C=O) groups excluding carboxylic acids is 1. The Morgan fingerprint density at radius 2 is 2.12 bits per heavy atom. The van der Waals surface area contributed by atoms with Crippen molar-refractivity contribution in [3.05, 3.63) is 48.6 Å². The molecule has 1 saturated heterocycles. The molecule has 1 aromatic rings. The third-order valence-corrected chi connectivity index (χ3v) is 3.67. The minimum Gasteiger partial charge on any atom is -0.336 e. The van der Waals surface area contributed by atoms with Gasteiger partial charge in [0.25, 0.3) is 0 Å². The molecule has 1 fully saturated rings. The maximum Gasteiger partial charge on any atom is 0.246 e. The second kappa shape index (κ2) is 5.17. The zero-order valence-corrected chi connectivity index (χ0v) is 10.3. The molecule has 90 valence electrons. The quantitative estimate of drug-likeness (QED) is 0.714. The van der Waals surface area contributed by atoms with Crippen molar-refractivity contribution >= 4 is 5.91 Å². The lowest BCUT2D eigenvalue weighted by atomic mass is 9.84. The first-order valence-electron chi connectivity index (χ1n) is 6.22. The summed E-state index contributed by atoms with van der Waals surface area (Å²) in [7, 11) is 0. The third-order valence-electron chi connectivity index (χ3n) is 3.67. The minimum atomic E-state index is 0.0538. The number of hydrogen-bond acceptors (Lipinski definition) is 1. The van der Waals surface area contributed by atoms with Gasteiger partial charge in [0, 0.05) is 18.5 Å². The first-order chi connectivity index (χ1) is 8.24. The van der Waals surface area contributed by atoms with E-state index in [2.05, 4.69) is 37.8 Å². The predicted octanol–water partition coefficient (Wildman–Crippen LogP) is 2.97. The molecule has 2 nitrogen and oxygen atoms in total. The van der Waals surface area contributed by atoms with Crippen LogP contribution in [-0.2, 0) is 4.79 Å². The fraction of sp³-hybridized carbons (Fsp3) is 0.400. The molecule has 0 radical (unpaired) electrons. The van der Waals surface area contributed by atoms with E-state index < -0.39 is 0 Å². The normalized spacial score (nSPS) is 24.4. The van der Waals surface area contributed by atoms with Crippen molar-refractivity contribution in [3.8, 4) is 0 Å². The van der Waals surface area contributed by atoms with Gasteiger partial charge in [-0.1, -0.05) is 36.9 Å². The zero-order chi connectivity index (χ0) is 12.3. The minimum absolute atomic E-state index is 0.0538. The summed E-state index contributed by atoms with van der Waals surface area (Å²) >= 11 is 0. The highest BCUT2D eigenvalue weighted by molar-refractivity contribution is 5.87. The van der Waals surface area contributed by atoms with Crippen molar-refractivity contribution in [1.82, 2.24) is 4.90 Å². The van der Waals surface area contributed by atoms with Gasteiger partial charge in [-0.3, -0.25) is 4.79 Å². The lowest BCUT2D eigenvalue weighted by Gasteiger charge is -2.39. The van der Waals surface area contributed by atoms with E-state index in [-0.39, 0.29) is 11.9 Å². The molecule has 2 atom stereocenters. The molecular formula is C15H19NO. The SMILES string of the molecule is C=CC(=O)N1CCCC(c2ccccc2)C1C. The van der Waals surface area contributed by atoms with Gasteiger partial charge in [0.15, 0.2) is 0 Å². The number of piperidine rings is 1. The molecular weight excluding hydrogens is 210 g/mol. The highest BCUT2D eigenvalue weighted by Gasteiger charge is 2.30. The van der Waals surface area contributed by atoms with Gasteiger partial charge in [0.2, 0.25) is 5.91 Å². The number of hydrogen-bond donors (Lipinski definition) is 0. The summed E-state index contributed by atoms with van der Waals surface area (Å²) in [4.78, 5) is 13.7. The standard InChI is InChI=1S/C15H19NO/c1-3-15(17)16-11-7-10-14(12(16)2)13-8-5-4-6-9-13/h3-6,8-9,12,14H,1,7,10-11H2,2H3. The third kappa shape index (κ3) is 2.41. The second-order valence-corrected chi connectivity index (χ2v) is 4.64. The van der Waals surface area contributed by atoms with Gasteiger partial charge in [-0.05, 0) is 31.4 Å². The Labute approximate surface area is 103 Å². The average Bonchev–Trinajstić information content (AvgIpc) is 2.39. The van der Waals surface area contributed by atoms with E-state index in [1.807, 2.05) is 11.0 Å². The van der Waals surface area contributed by atoms with Crippen molar-refractivity contribution in [2.24, 2.45) is 0 Å². The summed E-state index contributed by atoms with van der Waals surface area (Å²) in [6.07, 6.45) is 3.65. The van der Waals surface area contributed by atoms with Crippen LogP contribution >= 0.6 is 0 Å². The number of nitrogens with zero attached hydrogens (tertiary/aromatic N) is 1. The fourth-order valence-electron chi connectivity index (χ4n) is 2.72. The molecule has 1 aromatic carbocycles. The molecule has 2 rings (SSSR count). The van der Waals surface area contributed by atoms with Crippen molar-refractivity contribution < 1.29 is 4.79 Å². The van der Waals surface area contributed by atoms with Crippen molar-refractivity contribution in [1.29, 1.82) is 0 Å². The van der Waals surface area contributed by atoms with E-state index >= 15 is 0 Å². The van der Waals surface area contributed by atoms with Crippen molar-refractivity contribution in [2.45, 2.75) is 31.7 Å². The average molecular weight is 229 g/mol. The highest BCUT2D eigenvalue weighted by atomic mass is 16.2. The number of rotatable bonds is 2. The van der Waals surface area contributed by atoms with Gasteiger partial charge in [-0.2, -0.15) is 0 Å². The van der Waals surface area contributed by atoms with Crippen LogP contribution in [0.15, 0.2) is 43.0 Å². The molecule has 1 aliphatic heterocycles. The van der Waals surface area contributed by atoms with Gasteiger partial charge in [-0.15, -0.1) is 0 Å². The van der Waals surface area contributed by atoms with Crippen molar-refractivity contribution in [3.63, 3.8) is 0 Å². The van der Waals surface area contributed by atoms with Gasteiger partial charge in [0.05, 0.1) is 0 Å². The van der Waals surface area contributed by atoms with Crippen LogP contribution in [0, 0.1) is 0 Å². The topological polar surface area (TPSA) is 20.3 Å². The molecule has 0 aromatic heterocycles. The Kier molecular flexibility index (Phi) is 3.62. The maximum atomic E-state index is 11.8. The van der Waals surface area contributed by atoms with Gasteiger partial charge in [0.1, 0.15) is 0 Å². The molecule has 2 heteroatoms. The molecule has 1 amide bonds. The largest absolute Gasteiger partial charge is 0.336 e. The Balaban J connectivity index is 2.19. The smallest absolute Gasteiger partial charge is 0.246 e. The summed E-state index contributed by atoms with van der Waals surface area (Å²) < 4.78 is 0. The molecule has 0 saturated carbocycles. The van der Waals surface area contributed by atoms with E-state index in [1.54, 1.807) is 0 Å². The van der Waals surface area contributed by atoms with Gasteiger partial charge in [-0.25, -0.2) is 0 Å². The number of amides is 1. The lowest BCUT2D eigenvalue weighted by Crippen LogP contribution is -2.45. The monoisotopic (exact) mass is 229 g/mol.